The molecule has 1 N–H and O–H groups in total. The summed E-state index contributed by atoms with van der Waals surface area (Å²) in [6.07, 6.45) is 4.08. The van der Waals surface area contributed by atoms with Gasteiger partial charge in [-0.05, 0) is 42.7 Å². The zero-order valence-electron chi connectivity index (χ0n) is 20.1. The number of hydrogen-bond acceptors (Lipinski definition) is 7. The fourth-order valence-corrected chi connectivity index (χ4v) is 5.70. The molecule has 1 aliphatic heterocycles. The Morgan fingerprint density at radius 2 is 1.91 bits per heavy atom. The third-order valence-corrected chi connectivity index (χ3v) is 7.73. The molecule has 0 unspecified atom stereocenters. The number of hydrogen-bond donors (Lipinski definition) is 1. The van der Waals surface area contributed by atoms with Crippen LogP contribution in [-0.4, -0.2) is 41.2 Å². The van der Waals surface area contributed by atoms with Gasteiger partial charge in [0.1, 0.15) is 0 Å². The van der Waals surface area contributed by atoms with Crippen molar-refractivity contribution in [3.63, 3.8) is 0 Å². The number of nitrogens with one attached hydrogen (secondary N) is 1. The fraction of sp³-hybridized carbons (Fsp3) is 0.346. The van der Waals surface area contributed by atoms with E-state index in [0.717, 1.165) is 42.8 Å². The third kappa shape index (κ3) is 5.85. The van der Waals surface area contributed by atoms with Gasteiger partial charge in [0.05, 0.1) is 36.2 Å². The number of ether oxygens (including phenoxy) is 2. The molecule has 7 nitrogen and oxygen atoms in total. The first kappa shape index (κ1) is 25.2. The van der Waals surface area contributed by atoms with Crippen molar-refractivity contribution in [2.45, 2.75) is 42.7 Å². The largest absolute Gasteiger partial charge is 0.493 e. The van der Waals surface area contributed by atoms with Gasteiger partial charge in [-0.25, -0.2) is 4.98 Å². The molecule has 0 saturated heterocycles. The molecule has 0 saturated carbocycles. The predicted molar refractivity (Wildman–Crippen MR) is 142 cm³/mol. The van der Waals surface area contributed by atoms with E-state index in [9.17, 15) is 9.59 Å². The smallest absolute Gasteiger partial charge is 0.272 e. The van der Waals surface area contributed by atoms with E-state index >= 15 is 0 Å². The van der Waals surface area contributed by atoms with E-state index in [1.165, 1.54) is 29.1 Å². The molecule has 2 heterocycles. The molecule has 1 amide bonds. The molecule has 184 valence electrons. The number of thioether (sulfide) groups is 2. The van der Waals surface area contributed by atoms with Gasteiger partial charge in [0, 0.05) is 23.9 Å². The molecule has 1 aliphatic rings. The Morgan fingerprint density at radius 1 is 1.14 bits per heavy atom. The SMILES string of the molecule is CCCCc1ccc(NC(=O)CSc2nc3c(c(=O)n2-c2ccc(OC)c(OC)c2)SCC3)cc1. The summed E-state index contributed by atoms with van der Waals surface area (Å²) in [7, 11) is 3.12. The molecule has 9 heteroatoms. The number of benzene rings is 2. The summed E-state index contributed by atoms with van der Waals surface area (Å²) in [5, 5.41) is 3.42. The number of nitrogens with zero attached hydrogens (tertiary/aromatic N) is 2. The van der Waals surface area contributed by atoms with Gasteiger partial charge in [0.15, 0.2) is 16.7 Å². The summed E-state index contributed by atoms with van der Waals surface area (Å²) in [4.78, 5) is 31.5. The first-order valence-electron chi connectivity index (χ1n) is 11.6. The zero-order chi connectivity index (χ0) is 24.8. The second-order valence-electron chi connectivity index (χ2n) is 8.09. The third-order valence-electron chi connectivity index (χ3n) is 5.68. The highest BCUT2D eigenvalue weighted by Crippen LogP contribution is 2.33. The highest BCUT2D eigenvalue weighted by atomic mass is 32.2. The summed E-state index contributed by atoms with van der Waals surface area (Å²) >= 11 is 2.77. The standard InChI is InChI=1S/C26H29N3O4S2/c1-4-5-6-17-7-9-18(10-8-17)27-23(30)16-35-26-28-20-13-14-34-24(20)25(31)29(26)19-11-12-21(32-2)22(15-19)33-3/h7-12,15H,4-6,13-14,16H2,1-3H3,(H,27,30). The lowest BCUT2D eigenvalue weighted by Gasteiger charge is -2.15. The first-order chi connectivity index (χ1) is 17.0. The number of anilines is 1. The number of carbonyl (C=O) groups is 1. The van der Waals surface area contributed by atoms with Crippen molar-refractivity contribution in [2.24, 2.45) is 0 Å². The minimum atomic E-state index is -0.153. The van der Waals surface area contributed by atoms with Crippen molar-refractivity contribution in [1.29, 1.82) is 0 Å². The number of carbonyl (C=O) groups excluding carboxylic acids is 1. The second kappa shape index (κ2) is 11.7. The lowest BCUT2D eigenvalue weighted by molar-refractivity contribution is -0.113. The van der Waals surface area contributed by atoms with Crippen molar-refractivity contribution >= 4 is 35.1 Å². The van der Waals surface area contributed by atoms with Gasteiger partial charge in [-0.1, -0.05) is 37.2 Å². The maximum absolute atomic E-state index is 13.4. The summed E-state index contributed by atoms with van der Waals surface area (Å²) < 4.78 is 12.3. The minimum Gasteiger partial charge on any atom is -0.493 e. The molecule has 1 aromatic heterocycles. The summed E-state index contributed by atoms with van der Waals surface area (Å²) in [5.41, 5.74) is 3.29. The normalized spacial score (nSPS) is 12.3. The molecular weight excluding hydrogens is 482 g/mol. The second-order valence-corrected chi connectivity index (χ2v) is 10.1. The van der Waals surface area contributed by atoms with Gasteiger partial charge in [-0.15, -0.1) is 11.8 Å². The van der Waals surface area contributed by atoms with Crippen LogP contribution in [0.4, 0.5) is 5.69 Å². The molecule has 0 spiro atoms. The fourth-order valence-electron chi connectivity index (χ4n) is 3.84. The van der Waals surface area contributed by atoms with Gasteiger partial charge >= 0.3 is 0 Å². The van der Waals surface area contributed by atoms with E-state index in [0.29, 0.717) is 27.2 Å². The number of amides is 1. The lowest BCUT2D eigenvalue weighted by atomic mass is 10.1. The Hall–Kier alpha value is -2.91. The van der Waals surface area contributed by atoms with Gasteiger partial charge < -0.3 is 14.8 Å². The minimum absolute atomic E-state index is 0.128. The van der Waals surface area contributed by atoms with Gasteiger partial charge in [0.25, 0.3) is 5.56 Å². The highest BCUT2D eigenvalue weighted by Gasteiger charge is 2.23. The van der Waals surface area contributed by atoms with Crippen LogP contribution < -0.4 is 20.3 Å². The van der Waals surface area contributed by atoms with Crippen LogP contribution in [0.5, 0.6) is 11.5 Å². The van der Waals surface area contributed by atoms with Crippen molar-refractivity contribution in [3.05, 3.63) is 64.1 Å². The van der Waals surface area contributed by atoms with Crippen LogP contribution in [0.3, 0.4) is 0 Å². The molecule has 35 heavy (non-hydrogen) atoms. The van der Waals surface area contributed by atoms with E-state index in [1.807, 2.05) is 24.3 Å². The Balaban J connectivity index is 1.55. The summed E-state index contributed by atoms with van der Waals surface area (Å²) in [6, 6.07) is 13.3. The van der Waals surface area contributed by atoms with Crippen molar-refractivity contribution in [3.8, 4) is 17.2 Å². The van der Waals surface area contributed by atoms with Crippen LogP contribution in [0.2, 0.25) is 0 Å². The molecule has 3 aromatic rings. The van der Waals surface area contributed by atoms with E-state index in [4.69, 9.17) is 14.5 Å². The lowest BCUT2D eigenvalue weighted by Crippen LogP contribution is -2.24. The maximum Gasteiger partial charge on any atom is 0.272 e. The molecule has 0 bridgehead atoms. The molecule has 4 rings (SSSR count). The van der Waals surface area contributed by atoms with E-state index in [1.54, 1.807) is 37.0 Å². The van der Waals surface area contributed by atoms with E-state index in [-0.39, 0.29) is 17.2 Å². The Labute approximate surface area is 213 Å². The van der Waals surface area contributed by atoms with E-state index < -0.39 is 0 Å². The predicted octanol–water partition coefficient (Wildman–Crippen LogP) is 4.97. The molecular formula is C26H29N3O4S2. The molecule has 0 atom stereocenters. The Kier molecular flexibility index (Phi) is 8.41. The molecule has 0 radical (unpaired) electrons. The molecule has 0 aliphatic carbocycles. The first-order valence-corrected chi connectivity index (χ1v) is 13.5. The van der Waals surface area contributed by atoms with Crippen molar-refractivity contribution in [1.82, 2.24) is 9.55 Å². The van der Waals surface area contributed by atoms with Crippen LogP contribution in [-0.2, 0) is 17.6 Å². The number of fused-ring (bicyclic) bond motifs is 1. The topological polar surface area (TPSA) is 82.5 Å². The summed E-state index contributed by atoms with van der Waals surface area (Å²) in [5.74, 6) is 1.89. The quantitative estimate of drug-likeness (QED) is 0.304. The van der Waals surface area contributed by atoms with Crippen LogP contribution in [0.1, 0.15) is 31.0 Å². The number of aromatic nitrogens is 2. The number of rotatable bonds is 10. The molecule has 0 fully saturated rings. The van der Waals surface area contributed by atoms with Crippen molar-refractivity contribution < 1.29 is 14.3 Å². The number of aryl methyl sites for hydroxylation is 2. The zero-order valence-corrected chi connectivity index (χ0v) is 21.8. The highest BCUT2D eigenvalue weighted by molar-refractivity contribution is 8.00. The van der Waals surface area contributed by atoms with Crippen LogP contribution in [0.15, 0.2) is 57.3 Å². The van der Waals surface area contributed by atoms with Crippen LogP contribution >= 0.6 is 23.5 Å². The Bertz CT molecular complexity index is 1260. The average molecular weight is 512 g/mol. The van der Waals surface area contributed by atoms with E-state index in [2.05, 4.69) is 12.2 Å². The number of methoxy groups -OCH3 is 2. The Morgan fingerprint density at radius 3 is 2.63 bits per heavy atom. The molecule has 2 aromatic carbocycles. The van der Waals surface area contributed by atoms with Crippen molar-refractivity contribution in [2.75, 3.05) is 31.0 Å². The van der Waals surface area contributed by atoms with Crippen LogP contribution in [0.25, 0.3) is 5.69 Å². The summed E-state index contributed by atoms with van der Waals surface area (Å²) in [6.45, 7) is 2.17. The van der Waals surface area contributed by atoms with Crippen LogP contribution in [0, 0.1) is 0 Å². The monoisotopic (exact) mass is 511 g/mol. The van der Waals surface area contributed by atoms with Gasteiger partial charge in [0.2, 0.25) is 5.91 Å². The average Bonchev–Trinajstić information content (AvgIpc) is 3.36. The van der Waals surface area contributed by atoms with Gasteiger partial charge in [-0.2, -0.15) is 0 Å². The van der Waals surface area contributed by atoms with Gasteiger partial charge in [-0.3, -0.25) is 14.2 Å². The number of unbranched alkanes of at least 4 members (excludes halogenated alkanes) is 1. The maximum atomic E-state index is 13.4.